The van der Waals surface area contributed by atoms with Gasteiger partial charge in [0.05, 0.1) is 27.6 Å². The highest BCUT2D eigenvalue weighted by Crippen LogP contribution is 2.08. The zero-order valence-electron chi connectivity index (χ0n) is 10.1. The number of quaternary nitrogens is 1. The van der Waals surface area contributed by atoms with Gasteiger partial charge < -0.3 is 24.5 Å². The van der Waals surface area contributed by atoms with Gasteiger partial charge in [0.2, 0.25) is 0 Å². The molecule has 0 bridgehead atoms. The number of aliphatic hydroxyl groups excluding tert-OH is 2. The van der Waals surface area contributed by atoms with Crippen molar-refractivity contribution >= 4 is 5.97 Å². The third-order valence-electron chi connectivity index (χ3n) is 1.88. The fraction of sp³-hybridized carbons (Fsp3) is 0.900. The van der Waals surface area contributed by atoms with Crippen LogP contribution in [0.1, 0.15) is 12.8 Å². The maximum absolute atomic E-state index is 10.6. The molecule has 3 N–H and O–H groups in total. The van der Waals surface area contributed by atoms with Crippen molar-refractivity contribution in [2.75, 3.05) is 34.3 Å². The molecule has 0 aliphatic carbocycles. The van der Waals surface area contributed by atoms with E-state index in [0.717, 1.165) is 0 Å². The minimum absolute atomic E-state index is 0.0905. The third kappa shape index (κ3) is 8.60. The van der Waals surface area contributed by atoms with E-state index in [0.29, 0.717) is 11.0 Å². The smallest absolute Gasteiger partial charge is 0.306 e. The van der Waals surface area contributed by atoms with Crippen molar-refractivity contribution in [1.82, 2.24) is 0 Å². The molecule has 0 fully saturated rings. The van der Waals surface area contributed by atoms with Gasteiger partial charge in [0, 0.05) is 13.0 Å². The summed E-state index contributed by atoms with van der Waals surface area (Å²) in [7, 11) is 5.74. The van der Waals surface area contributed by atoms with Gasteiger partial charge in [-0.15, -0.1) is 0 Å². The summed E-state index contributed by atoms with van der Waals surface area (Å²) in [6, 6.07) is 0. The third-order valence-corrected chi connectivity index (χ3v) is 1.88. The number of carbonyl (C=O) groups is 1. The van der Waals surface area contributed by atoms with Crippen LogP contribution in [0.4, 0.5) is 0 Å². The second-order valence-corrected chi connectivity index (χ2v) is 4.80. The first-order chi connectivity index (χ1) is 7.24. The number of carboxylic acid groups (broad SMARTS) is 1. The van der Waals surface area contributed by atoms with Crippen LogP contribution < -0.4 is 0 Å². The molecule has 0 aliphatic rings. The van der Waals surface area contributed by atoms with Gasteiger partial charge in [-0.25, -0.2) is 0 Å². The molecule has 2 atom stereocenters. The molecule has 0 rings (SSSR count). The molecule has 0 radical (unpaired) electrons. The molecule has 16 heavy (non-hydrogen) atoms. The number of nitrogens with zero attached hydrogens (tertiary/aromatic N) is 1. The molecule has 96 valence electrons. The summed E-state index contributed by atoms with van der Waals surface area (Å²) in [5.74, 6) is -0.963. The van der Waals surface area contributed by atoms with Crippen LogP contribution in [-0.2, 0) is 9.53 Å². The second-order valence-electron chi connectivity index (χ2n) is 4.80. The molecule has 1 unspecified atom stereocenters. The number of hydrogen-bond acceptors (Lipinski definition) is 4. The van der Waals surface area contributed by atoms with Crippen LogP contribution >= 0.6 is 0 Å². The lowest BCUT2D eigenvalue weighted by atomic mass is 10.2. The van der Waals surface area contributed by atoms with Crippen molar-refractivity contribution in [2.24, 2.45) is 0 Å². The molecule has 0 aromatic heterocycles. The van der Waals surface area contributed by atoms with Crippen LogP contribution in [0, 0.1) is 0 Å². The Morgan fingerprint density at radius 1 is 1.38 bits per heavy atom. The van der Waals surface area contributed by atoms with Crippen molar-refractivity contribution in [2.45, 2.75) is 25.2 Å². The molecule has 0 amide bonds. The Bertz CT molecular complexity index is 214. The zero-order chi connectivity index (χ0) is 12.8. The van der Waals surface area contributed by atoms with Crippen molar-refractivity contribution < 1.29 is 29.3 Å². The number of aliphatic hydroxyl groups is 2. The number of ether oxygens (including phenoxy) is 1. The average Bonchev–Trinajstić information content (AvgIpc) is 1.98. The Kier molecular flexibility index (Phi) is 6.51. The first-order valence-corrected chi connectivity index (χ1v) is 5.21. The maximum atomic E-state index is 10.6. The van der Waals surface area contributed by atoms with Gasteiger partial charge in [-0.1, -0.05) is 0 Å². The van der Waals surface area contributed by atoms with Crippen LogP contribution in [0.5, 0.6) is 0 Å². The van der Waals surface area contributed by atoms with Gasteiger partial charge in [0.15, 0.2) is 6.29 Å². The second kappa shape index (κ2) is 6.80. The molecule has 0 aromatic rings. The Morgan fingerprint density at radius 3 is 2.31 bits per heavy atom. The number of aliphatic carboxylic acids is 1. The molecular formula is C10H22NO5+. The van der Waals surface area contributed by atoms with E-state index in [9.17, 15) is 9.90 Å². The van der Waals surface area contributed by atoms with Crippen LogP contribution in [0.3, 0.4) is 0 Å². The lowest BCUT2D eigenvalue weighted by molar-refractivity contribution is -0.873. The van der Waals surface area contributed by atoms with Crippen molar-refractivity contribution in [3.8, 4) is 0 Å². The minimum Gasteiger partial charge on any atom is -0.481 e. The van der Waals surface area contributed by atoms with Gasteiger partial charge in [-0.05, 0) is 0 Å². The average molecular weight is 236 g/mol. The minimum atomic E-state index is -1.11. The van der Waals surface area contributed by atoms with Crippen molar-refractivity contribution in [1.29, 1.82) is 0 Å². The topological polar surface area (TPSA) is 87.0 Å². The SMILES string of the molecule is C[N+](C)(C)C[C@@H](CC(=O)O)OC(O)CCO. The van der Waals surface area contributed by atoms with E-state index in [2.05, 4.69) is 0 Å². The highest BCUT2D eigenvalue weighted by Gasteiger charge is 2.24. The summed E-state index contributed by atoms with van der Waals surface area (Å²) >= 11 is 0. The van der Waals surface area contributed by atoms with Gasteiger partial charge in [-0.2, -0.15) is 0 Å². The predicted octanol–water partition coefficient (Wildman–Crippen LogP) is -0.747. The molecule has 6 nitrogen and oxygen atoms in total. The molecular weight excluding hydrogens is 214 g/mol. The number of hydrogen-bond donors (Lipinski definition) is 3. The Morgan fingerprint density at radius 2 is 1.94 bits per heavy atom. The Labute approximate surface area is 95.7 Å². The van der Waals surface area contributed by atoms with Gasteiger partial charge >= 0.3 is 5.97 Å². The van der Waals surface area contributed by atoms with Crippen LogP contribution in [0.25, 0.3) is 0 Å². The summed E-state index contributed by atoms with van der Waals surface area (Å²) in [5.41, 5.74) is 0. The van der Waals surface area contributed by atoms with Crippen LogP contribution in [0.2, 0.25) is 0 Å². The van der Waals surface area contributed by atoms with E-state index in [4.69, 9.17) is 14.9 Å². The monoisotopic (exact) mass is 236 g/mol. The Balaban J connectivity index is 4.25. The van der Waals surface area contributed by atoms with Crippen LogP contribution in [-0.4, -0.2) is 72.5 Å². The highest BCUT2D eigenvalue weighted by atomic mass is 16.6. The molecule has 0 aromatic carbocycles. The maximum Gasteiger partial charge on any atom is 0.306 e. The summed E-state index contributed by atoms with van der Waals surface area (Å²) in [6.07, 6.45) is -1.73. The van der Waals surface area contributed by atoms with Gasteiger partial charge in [0.1, 0.15) is 12.6 Å². The molecule has 0 spiro atoms. The summed E-state index contributed by atoms with van der Waals surface area (Å²) in [4.78, 5) is 10.6. The van der Waals surface area contributed by atoms with Crippen LogP contribution in [0.15, 0.2) is 0 Å². The quantitative estimate of drug-likeness (QED) is 0.381. The number of carboxylic acids is 1. The summed E-state index contributed by atoms with van der Waals surface area (Å²) in [6.45, 7) is 0.292. The first kappa shape index (κ1) is 15.3. The van der Waals surface area contributed by atoms with E-state index in [1.807, 2.05) is 21.1 Å². The lowest BCUT2D eigenvalue weighted by Crippen LogP contribution is -2.44. The number of likely N-dealkylation sites (N-methyl/N-ethyl adjacent to an activating group) is 1. The van der Waals surface area contributed by atoms with Crippen molar-refractivity contribution in [3.05, 3.63) is 0 Å². The van der Waals surface area contributed by atoms with E-state index in [1.165, 1.54) is 0 Å². The summed E-state index contributed by atoms with van der Waals surface area (Å²) < 4.78 is 5.72. The first-order valence-electron chi connectivity index (χ1n) is 5.21. The zero-order valence-corrected chi connectivity index (χ0v) is 10.1. The fourth-order valence-corrected chi connectivity index (χ4v) is 1.36. The summed E-state index contributed by atoms with van der Waals surface area (Å²) in [5, 5.41) is 26.7. The molecule has 0 saturated heterocycles. The highest BCUT2D eigenvalue weighted by molar-refractivity contribution is 5.67. The fourth-order valence-electron chi connectivity index (χ4n) is 1.36. The molecule has 0 aliphatic heterocycles. The van der Waals surface area contributed by atoms with E-state index in [-0.39, 0.29) is 19.4 Å². The molecule has 0 heterocycles. The Hall–Kier alpha value is -0.690. The normalized spacial score (nSPS) is 15.8. The van der Waals surface area contributed by atoms with E-state index < -0.39 is 18.4 Å². The molecule has 0 saturated carbocycles. The largest absolute Gasteiger partial charge is 0.481 e. The van der Waals surface area contributed by atoms with Crippen molar-refractivity contribution in [3.63, 3.8) is 0 Å². The number of rotatable bonds is 8. The van der Waals surface area contributed by atoms with Gasteiger partial charge in [-0.3, -0.25) is 4.79 Å². The van der Waals surface area contributed by atoms with E-state index in [1.54, 1.807) is 0 Å². The predicted molar refractivity (Wildman–Crippen MR) is 57.7 cm³/mol. The standard InChI is InChI=1S/C10H21NO5/c1-11(2,3)7-8(6-9(13)14)16-10(15)4-5-12/h8,10,12,15H,4-7H2,1-3H3/p+1/t8-,10?/m1/s1. The van der Waals surface area contributed by atoms with E-state index >= 15 is 0 Å². The lowest BCUT2D eigenvalue weighted by Gasteiger charge is -2.29. The van der Waals surface area contributed by atoms with Gasteiger partial charge in [0.25, 0.3) is 0 Å². The molecule has 6 heteroatoms.